The van der Waals surface area contributed by atoms with Crippen molar-refractivity contribution in [2.45, 2.75) is 0 Å². The molecule has 0 spiro atoms. The quantitative estimate of drug-likeness (QED) is 0.654. The number of hydrogen-bond acceptors (Lipinski definition) is 0. The van der Waals surface area contributed by atoms with E-state index in [1.807, 2.05) is 36.4 Å². The van der Waals surface area contributed by atoms with E-state index in [2.05, 4.69) is 43.6 Å². The maximum absolute atomic E-state index is 2.10. The first-order valence-electron chi connectivity index (χ1n) is 5.07. The lowest BCUT2D eigenvalue weighted by molar-refractivity contribution is 1.66. The lowest BCUT2D eigenvalue weighted by atomic mass is 9.70. The highest BCUT2D eigenvalue weighted by Gasteiger charge is 1.88. The van der Waals surface area contributed by atoms with Gasteiger partial charge in [0.2, 0.25) is 0 Å². The highest BCUT2D eigenvalue weighted by molar-refractivity contribution is 6.59. The van der Waals surface area contributed by atoms with E-state index in [0.29, 0.717) is 0 Å². The van der Waals surface area contributed by atoms with Gasteiger partial charge in [-0.3, -0.25) is 0 Å². The minimum Gasteiger partial charge on any atom is -0.116 e. The summed E-state index contributed by atoms with van der Waals surface area (Å²) in [5, 5.41) is 0. The molecule has 0 saturated heterocycles. The minimum absolute atomic E-state index is 1.23. The topological polar surface area (TPSA) is 0 Å². The summed E-state index contributed by atoms with van der Waals surface area (Å²) in [6.45, 7) is 0. The first kappa shape index (κ1) is 9.79. The van der Waals surface area contributed by atoms with E-state index in [1.165, 1.54) is 11.0 Å². The van der Waals surface area contributed by atoms with Crippen LogP contribution in [0, 0.1) is 0 Å². The molecule has 2 rings (SSSR count). The monoisotopic (exact) mass is 191 g/mol. The van der Waals surface area contributed by atoms with Crippen molar-refractivity contribution in [3.8, 4) is 0 Å². The molecule has 15 heavy (non-hydrogen) atoms. The van der Waals surface area contributed by atoms with Gasteiger partial charge in [-0.05, 0) is 5.56 Å². The molecule has 0 bridgehead atoms. The summed E-state index contributed by atoms with van der Waals surface area (Å²) in [5.74, 6) is 2.07. The molecule has 2 aromatic carbocycles. The molecule has 0 N–H and O–H groups in total. The maximum Gasteiger partial charge on any atom is 0.181 e. The Morgan fingerprint density at radius 1 is 0.733 bits per heavy atom. The van der Waals surface area contributed by atoms with Crippen LogP contribution in [-0.2, 0) is 0 Å². The van der Waals surface area contributed by atoms with Gasteiger partial charge in [-0.25, -0.2) is 0 Å². The third-order valence-electron chi connectivity index (χ3n) is 2.18. The Morgan fingerprint density at radius 2 is 1.33 bits per heavy atom. The van der Waals surface area contributed by atoms with Crippen LogP contribution < -0.4 is 5.46 Å². The average molecular weight is 191 g/mol. The summed E-state index contributed by atoms with van der Waals surface area (Å²) in [6.07, 6.45) is 2.10. The molecule has 0 unspecified atom stereocenters. The zero-order valence-corrected chi connectivity index (χ0v) is 8.51. The first-order valence-corrected chi connectivity index (χ1v) is 5.07. The Bertz CT molecular complexity index is 418. The summed E-state index contributed by atoms with van der Waals surface area (Å²) in [7, 11) is 2.10. The molecule has 71 valence electrons. The third-order valence-corrected chi connectivity index (χ3v) is 2.18. The smallest absolute Gasteiger partial charge is 0.116 e. The predicted molar refractivity (Wildman–Crippen MR) is 67.3 cm³/mol. The van der Waals surface area contributed by atoms with Crippen molar-refractivity contribution in [3.63, 3.8) is 0 Å². The van der Waals surface area contributed by atoms with Gasteiger partial charge in [0.1, 0.15) is 0 Å². The highest BCUT2D eigenvalue weighted by atomic mass is 13.8. The van der Waals surface area contributed by atoms with E-state index < -0.39 is 0 Å². The van der Waals surface area contributed by atoms with Crippen molar-refractivity contribution in [3.05, 3.63) is 72.2 Å². The van der Waals surface area contributed by atoms with Crippen LogP contribution in [0.5, 0.6) is 0 Å². The summed E-state index contributed by atoms with van der Waals surface area (Å²) in [4.78, 5) is 0. The van der Waals surface area contributed by atoms with Crippen molar-refractivity contribution in [1.29, 1.82) is 0 Å². The molecular formula is C14H12B. The van der Waals surface area contributed by atoms with E-state index in [0.717, 1.165) is 0 Å². The minimum atomic E-state index is 1.23. The Hall–Kier alpha value is -1.76. The Balaban J connectivity index is 1.97. The molecule has 1 radical (unpaired) electrons. The maximum atomic E-state index is 2.10. The molecule has 0 heterocycles. The largest absolute Gasteiger partial charge is 0.181 e. The Morgan fingerprint density at radius 3 is 2.00 bits per heavy atom. The van der Waals surface area contributed by atoms with Crippen LogP contribution in [0.1, 0.15) is 5.56 Å². The predicted octanol–water partition coefficient (Wildman–Crippen LogP) is 2.69. The standard InChI is InChI=1S/C14H12B/c1-3-7-13(8-4-1)11-12-15-14-9-5-2-6-10-14/h1-12H/b12-11+. The fourth-order valence-corrected chi connectivity index (χ4v) is 1.40. The van der Waals surface area contributed by atoms with Crippen molar-refractivity contribution < 1.29 is 0 Å². The van der Waals surface area contributed by atoms with E-state index >= 15 is 0 Å². The molecule has 2 aromatic rings. The van der Waals surface area contributed by atoms with E-state index in [9.17, 15) is 0 Å². The van der Waals surface area contributed by atoms with Crippen molar-refractivity contribution in [1.82, 2.24) is 0 Å². The van der Waals surface area contributed by atoms with Gasteiger partial charge in [-0.2, -0.15) is 0 Å². The average Bonchev–Trinajstić information content (AvgIpc) is 2.32. The van der Waals surface area contributed by atoms with Gasteiger partial charge in [0, 0.05) is 0 Å². The molecule has 0 nitrogen and oxygen atoms in total. The fraction of sp³-hybridized carbons (Fsp3) is 0. The number of rotatable bonds is 3. The summed E-state index contributed by atoms with van der Waals surface area (Å²) in [5.41, 5.74) is 2.45. The van der Waals surface area contributed by atoms with Crippen LogP contribution in [0.4, 0.5) is 0 Å². The van der Waals surface area contributed by atoms with Crippen LogP contribution in [-0.4, -0.2) is 7.28 Å². The van der Waals surface area contributed by atoms with Gasteiger partial charge in [0.15, 0.2) is 7.28 Å². The molecule has 1 heteroatoms. The molecule has 0 saturated carbocycles. The van der Waals surface area contributed by atoms with Gasteiger partial charge >= 0.3 is 0 Å². The molecule has 0 amide bonds. The summed E-state index contributed by atoms with van der Waals surface area (Å²) in [6, 6.07) is 20.6. The lowest BCUT2D eigenvalue weighted by Crippen LogP contribution is -2.09. The normalized spacial score (nSPS) is 10.4. The van der Waals surface area contributed by atoms with Crippen molar-refractivity contribution in [2.24, 2.45) is 0 Å². The lowest BCUT2D eigenvalue weighted by Gasteiger charge is -1.93. The second kappa shape index (κ2) is 5.21. The van der Waals surface area contributed by atoms with Crippen LogP contribution >= 0.6 is 0 Å². The first-order chi connectivity index (χ1) is 7.45. The van der Waals surface area contributed by atoms with E-state index in [4.69, 9.17) is 0 Å². The zero-order chi connectivity index (χ0) is 10.3. The van der Waals surface area contributed by atoms with Crippen LogP contribution in [0.25, 0.3) is 6.08 Å². The summed E-state index contributed by atoms with van der Waals surface area (Å²) < 4.78 is 0. The molecule has 0 aromatic heterocycles. The fourth-order valence-electron chi connectivity index (χ4n) is 1.40. The molecule has 0 aliphatic heterocycles. The zero-order valence-electron chi connectivity index (χ0n) is 8.51. The van der Waals surface area contributed by atoms with Crippen LogP contribution in [0.3, 0.4) is 0 Å². The second-order valence-corrected chi connectivity index (χ2v) is 3.35. The summed E-state index contributed by atoms with van der Waals surface area (Å²) >= 11 is 0. The molecule has 0 aliphatic rings. The second-order valence-electron chi connectivity index (χ2n) is 3.35. The third kappa shape index (κ3) is 3.14. The van der Waals surface area contributed by atoms with E-state index in [-0.39, 0.29) is 0 Å². The number of benzene rings is 2. The highest BCUT2D eigenvalue weighted by Crippen LogP contribution is 1.99. The van der Waals surface area contributed by atoms with Crippen LogP contribution in [0.2, 0.25) is 0 Å². The van der Waals surface area contributed by atoms with Gasteiger partial charge in [0.25, 0.3) is 0 Å². The molecule has 0 fully saturated rings. The van der Waals surface area contributed by atoms with Crippen molar-refractivity contribution in [2.75, 3.05) is 0 Å². The van der Waals surface area contributed by atoms with Gasteiger partial charge in [-0.15, -0.1) is 5.98 Å². The van der Waals surface area contributed by atoms with E-state index in [1.54, 1.807) is 0 Å². The van der Waals surface area contributed by atoms with Crippen LogP contribution in [0.15, 0.2) is 66.6 Å². The Labute approximate surface area is 91.5 Å². The molecule has 0 atom stereocenters. The number of hydrogen-bond donors (Lipinski definition) is 0. The Kier molecular flexibility index (Phi) is 3.40. The van der Waals surface area contributed by atoms with Crippen molar-refractivity contribution >= 4 is 18.8 Å². The molecular weight excluding hydrogens is 179 g/mol. The van der Waals surface area contributed by atoms with Gasteiger partial charge < -0.3 is 0 Å². The SMILES string of the molecule is [B](/C=C/c1ccccc1)c1ccccc1. The molecule has 0 aliphatic carbocycles. The van der Waals surface area contributed by atoms with Gasteiger partial charge in [0.05, 0.1) is 0 Å². The van der Waals surface area contributed by atoms with Gasteiger partial charge in [-0.1, -0.05) is 72.2 Å².